The normalized spacial score (nSPS) is 10.7. The van der Waals surface area contributed by atoms with Crippen LogP contribution < -0.4 is 10.7 Å². The molecule has 0 bridgehead atoms. The van der Waals surface area contributed by atoms with Crippen molar-refractivity contribution in [2.75, 3.05) is 6.54 Å². The maximum absolute atomic E-state index is 5.08. The van der Waals surface area contributed by atoms with Crippen molar-refractivity contribution in [1.82, 2.24) is 10.7 Å². The van der Waals surface area contributed by atoms with Crippen LogP contribution >= 0.6 is 23.6 Å². The van der Waals surface area contributed by atoms with Gasteiger partial charge in [0.1, 0.15) is 0 Å². The molecule has 104 valence electrons. The number of hydrazone groups is 1. The number of benzene rings is 1. The van der Waals surface area contributed by atoms with Gasteiger partial charge in [0.15, 0.2) is 5.11 Å². The minimum Gasteiger partial charge on any atom is -0.361 e. The Morgan fingerprint density at radius 1 is 1.25 bits per heavy atom. The first-order valence-electron chi connectivity index (χ1n) is 6.51. The van der Waals surface area contributed by atoms with Crippen molar-refractivity contribution in [3.05, 3.63) is 47.3 Å². The number of hydrogen-bond donors (Lipinski definition) is 2. The molecule has 1 aromatic heterocycles. The SMILES string of the molecule is CCCNC(=S)N/N=C\c1ccc(-c2ccccc2)s1. The van der Waals surface area contributed by atoms with Gasteiger partial charge in [0.2, 0.25) is 0 Å². The van der Waals surface area contributed by atoms with Crippen molar-refractivity contribution >= 4 is 34.9 Å². The Bertz CT molecular complexity index is 576. The summed E-state index contributed by atoms with van der Waals surface area (Å²) in [6, 6.07) is 14.5. The van der Waals surface area contributed by atoms with Crippen LogP contribution in [0.2, 0.25) is 0 Å². The van der Waals surface area contributed by atoms with Crippen molar-refractivity contribution in [3.8, 4) is 10.4 Å². The van der Waals surface area contributed by atoms with Crippen LogP contribution in [0.25, 0.3) is 10.4 Å². The van der Waals surface area contributed by atoms with E-state index in [1.54, 1.807) is 17.6 Å². The Morgan fingerprint density at radius 3 is 2.80 bits per heavy atom. The molecule has 0 fully saturated rings. The molecule has 0 aliphatic carbocycles. The molecule has 0 spiro atoms. The fourth-order valence-electron chi connectivity index (χ4n) is 1.61. The minimum atomic E-state index is 0.558. The highest BCUT2D eigenvalue weighted by atomic mass is 32.1. The van der Waals surface area contributed by atoms with Gasteiger partial charge in [0, 0.05) is 16.3 Å². The van der Waals surface area contributed by atoms with Gasteiger partial charge in [-0.25, -0.2) is 0 Å². The summed E-state index contributed by atoms with van der Waals surface area (Å²) in [6.45, 7) is 2.95. The lowest BCUT2D eigenvalue weighted by atomic mass is 10.2. The minimum absolute atomic E-state index is 0.558. The zero-order chi connectivity index (χ0) is 14.2. The third-order valence-corrected chi connectivity index (χ3v) is 3.88. The van der Waals surface area contributed by atoms with Crippen molar-refractivity contribution < 1.29 is 0 Å². The molecule has 0 saturated heterocycles. The Balaban J connectivity index is 1.91. The molecule has 2 N–H and O–H groups in total. The molecule has 20 heavy (non-hydrogen) atoms. The maximum atomic E-state index is 5.08. The van der Waals surface area contributed by atoms with Gasteiger partial charge in [-0.2, -0.15) is 5.10 Å². The molecule has 0 unspecified atom stereocenters. The van der Waals surface area contributed by atoms with E-state index in [-0.39, 0.29) is 0 Å². The Morgan fingerprint density at radius 2 is 2.05 bits per heavy atom. The molecule has 5 heteroatoms. The molecule has 0 amide bonds. The summed E-state index contributed by atoms with van der Waals surface area (Å²) in [4.78, 5) is 2.33. The highest BCUT2D eigenvalue weighted by molar-refractivity contribution is 7.80. The molecule has 0 radical (unpaired) electrons. The lowest BCUT2D eigenvalue weighted by Gasteiger charge is -2.03. The number of thiophene rings is 1. The largest absolute Gasteiger partial charge is 0.361 e. The van der Waals surface area contributed by atoms with Crippen LogP contribution in [-0.4, -0.2) is 17.9 Å². The van der Waals surface area contributed by atoms with Gasteiger partial charge in [-0.3, -0.25) is 5.43 Å². The number of rotatable bonds is 5. The van der Waals surface area contributed by atoms with E-state index in [1.165, 1.54) is 10.4 Å². The van der Waals surface area contributed by atoms with Gasteiger partial charge in [0.05, 0.1) is 6.21 Å². The van der Waals surface area contributed by atoms with E-state index in [2.05, 4.69) is 47.0 Å². The van der Waals surface area contributed by atoms with Crippen LogP contribution in [0.5, 0.6) is 0 Å². The standard InChI is InChI=1S/C15H17N3S2/c1-2-10-16-15(19)18-17-11-13-8-9-14(20-13)12-6-4-3-5-7-12/h3-9,11H,2,10H2,1H3,(H2,16,18,19)/b17-11-. The van der Waals surface area contributed by atoms with Crippen LogP contribution in [0.3, 0.4) is 0 Å². The van der Waals surface area contributed by atoms with E-state index >= 15 is 0 Å². The number of nitrogens with one attached hydrogen (secondary N) is 2. The van der Waals surface area contributed by atoms with Gasteiger partial charge in [-0.05, 0) is 36.3 Å². The Kier molecular flexibility index (Phi) is 5.70. The molecule has 1 aromatic carbocycles. The average molecular weight is 303 g/mol. The fourth-order valence-corrected chi connectivity index (χ4v) is 2.65. The number of hydrogen-bond acceptors (Lipinski definition) is 3. The second-order valence-corrected chi connectivity index (χ2v) is 5.72. The zero-order valence-corrected chi connectivity index (χ0v) is 12.9. The van der Waals surface area contributed by atoms with Crippen molar-refractivity contribution in [2.24, 2.45) is 5.10 Å². The molecule has 2 rings (SSSR count). The topological polar surface area (TPSA) is 36.4 Å². The Labute approximate surface area is 128 Å². The second-order valence-electron chi connectivity index (χ2n) is 4.19. The summed E-state index contributed by atoms with van der Waals surface area (Å²) in [5, 5.41) is 7.75. The lowest BCUT2D eigenvalue weighted by Crippen LogP contribution is -2.32. The summed E-state index contributed by atoms with van der Waals surface area (Å²) >= 11 is 6.79. The van der Waals surface area contributed by atoms with E-state index < -0.39 is 0 Å². The number of nitrogens with zero attached hydrogens (tertiary/aromatic N) is 1. The second kappa shape index (κ2) is 7.77. The smallest absolute Gasteiger partial charge is 0.186 e. The Hall–Kier alpha value is -1.72. The van der Waals surface area contributed by atoms with Crippen LogP contribution in [0.15, 0.2) is 47.6 Å². The van der Waals surface area contributed by atoms with Crippen LogP contribution in [0.1, 0.15) is 18.2 Å². The van der Waals surface area contributed by atoms with Gasteiger partial charge >= 0.3 is 0 Å². The van der Waals surface area contributed by atoms with Gasteiger partial charge < -0.3 is 5.32 Å². The van der Waals surface area contributed by atoms with E-state index in [1.807, 2.05) is 18.2 Å². The molecule has 3 nitrogen and oxygen atoms in total. The molecular weight excluding hydrogens is 286 g/mol. The summed E-state index contributed by atoms with van der Waals surface area (Å²) in [5.74, 6) is 0. The van der Waals surface area contributed by atoms with Crippen molar-refractivity contribution in [1.29, 1.82) is 0 Å². The number of thiocarbonyl (C=S) groups is 1. The van der Waals surface area contributed by atoms with Crippen LogP contribution in [0.4, 0.5) is 0 Å². The first-order chi connectivity index (χ1) is 9.79. The monoisotopic (exact) mass is 303 g/mol. The third-order valence-electron chi connectivity index (χ3n) is 2.58. The van der Waals surface area contributed by atoms with E-state index in [4.69, 9.17) is 12.2 Å². The summed E-state index contributed by atoms with van der Waals surface area (Å²) in [7, 11) is 0. The quantitative estimate of drug-likeness (QED) is 0.503. The zero-order valence-electron chi connectivity index (χ0n) is 11.3. The molecule has 0 aliphatic heterocycles. The predicted molar refractivity (Wildman–Crippen MR) is 91.4 cm³/mol. The molecule has 0 aliphatic rings. The first-order valence-corrected chi connectivity index (χ1v) is 7.74. The van der Waals surface area contributed by atoms with E-state index in [9.17, 15) is 0 Å². The molecule has 0 saturated carbocycles. The third kappa shape index (κ3) is 4.43. The highest BCUT2D eigenvalue weighted by Gasteiger charge is 2.00. The predicted octanol–water partition coefficient (Wildman–Crippen LogP) is 3.62. The lowest BCUT2D eigenvalue weighted by molar-refractivity contribution is 0.817. The van der Waals surface area contributed by atoms with Gasteiger partial charge in [-0.15, -0.1) is 11.3 Å². The van der Waals surface area contributed by atoms with E-state index in [0.29, 0.717) is 5.11 Å². The average Bonchev–Trinajstić information content (AvgIpc) is 2.95. The molecule has 1 heterocycles. The highest BCUT2D eigenvalue weighted by Crippen LogP contribution is 2.26. The summed E-state index contributed by atoms with van der Waals surface area (Å²) in [5.41, 5.74) is 4.04. The van der Waals surface area contributed by atoms with E-state index in [0.717, 1.165) is 17.8 Å². The van der Waals surface area contributed by atoms with Crippen molar-refractivity contribution in [3.63, 3.8) is 0 Å². The van der Waals surface area contributed by atoms with Crippen molar-refractivity contribution in [2.45, 2.75) is 13.3 Å². The summed E-state index contributed by atoms with van der Waals surface area (Å²) < 4.78 is 0. The van der Waals surface area contributed by atoms with Gasteiger partial charge in [0.25, 0.3) is 0 Å². The molecule has 2 aromatic rings. The van der Waals surface area contributed by atoms with Crippen LogP contribution in [0, 0.1) is 0 Å². The van der Waals surface area contributed by atoms with Crippen LogP contribution in [-0.2, 0) is 0 Å². The molecule has 0 atom stereocenters. The molecular formula is C15H17N3S2. The first kappa shape index (κ1) is 14.7. The summed E-state index contributed by atoms with van der Waals surface area (Å²) in [6.07, 6.45) is 2.83. The van der Waals surface area contributed by atoms with Gasteiger partial charge in [-0.1, -0.05) is 37.3 Å². The fraction of sp³-hybridized carbons (Fsp3) is 0.200. The maximum Gasteiger partial charge on any atom is 0.186 e.